The zero-order valence-electron chi connectivity index (χ0n) is 15.6. The highest BCUT2D eigenvalue weighted by atomic mass is 32.1. The fourth-order valence-electron chi connectivity index (χ4n) is 2.86. The van der Waals surface area contributed by atoms with Gasteiger partial charge in [-0.25, -0.2) is 4.79 Å². The van der Waals surface area contributed by atoms with E-state index in [0.717, 1.165) is 27.3 Å². The molecule has 2 aromatic rings. The van der Waals surface area contributed by atoms with Crippen LogP contribution in [0.3, 0.4) is 0 Å². The minimum absolute atomic E-state index is 0.135. The highest BCUT2D eigenvalue weighted by Crippen LogP contribution is 2.24. The summed E-state index contributed by atoms with van der Waals surface area (Å²) >= 11 is 1.56. The van der Waals surface area contributed by atoms with E-state index >= 15 is 0 Å². The number of rotatable bonds is 7. The van der Waals surface area contributed by atoms with Crippen LogP contribution in [0.2, 0.25) is 0 Å². The fraction of sp³-hybridized carbons (Fsp3) is 0.368. The monoisotopic (exact) mass is 375 g/mol. The zero-order chi connectivity index (χ0) is 19.1. The first-order valence-electron chi connectivity index (χ1n) is 8.31. The summed E-state index contributed by atoms with van der Waals surface area (Å²) in [6.45, 7) is 5.16. The molecule has 2 N–H and O–H groups in total. The number of hydrogen-bond donors (Lipinski definition) is 2. The highest BCUT2D eigenvalue weighted by molar-refractivity contribution is 7.09. The maximum atomic E-state index is 12.0. The third-order valence-electron chi connectivity index (χ3n) is 3.85. The molecule has 0 spiro atoms. The highest BCUT2D eigenvalue weighted by Gasteiger charge is 2.12. The molecule has 0 bridgehead atoms. The number of amides is 3. The lowest BCUT2D eigenvalue weighted by atomic mass is 10.1. The number of methoxy groups -OCH3 is 1. The smallest absolute Gasteiger partial charge is 0.321 e. The topological polar surface area (TPSA) is 70.7 Å². The van der Waals surface area contributed by atoms with Crippen LogP contribution in [0.5, 0.6) is 5.75 Å². The predicted octanol–water partition coefficient (Wildman–Crippen LogP) is 2.83. The quantitative estimate of drug-likeness (QED) is 0.781. The average Bonchev–Trinajstić information content (AvgIpc) is 3.05. The standard InChI is InChI=1S/C19H25N3O3S/c1-13-8-15(9-14(2)18(13)25-4)11-22(3)12-17(23)21-19(24)20-10-16-6-5-7-26-16/h5-9H,10-12H2,1-4H3,(H2,20,21,23,24). The van der Waals surface area contributed by atoms with Crippen LogP contribution in [0.4, 0.5) is 4.79 Å². The molecule has 1 aromatic carbocycles. The van der Waals surface area contributed by atoms with Crippen molar-refractivity contribution in [3.8, 4) is 5.75 Å². The Morgan fingerprint density at radius 2 is 1.92 bits per heavy atom. The van der Waals surface area contributed by atoms with Crippen LogP contribution in [0.25, 0.3) is 0 Å². The zero-order valence-corrected chi connectivity index (χ0v) is 16.4. The van der Waals surface area contributed by atoms with Gasteiger partial charge in [-0.3, -0.25) is 15.0 Å². The van der Waals surface area contributed by atoms with E-state index in [1.807, 2.05) is 55.4 Å². The minimum atomic E-state index is -0.479. The number of carbonyl (C=O) groups is 2. The molecule has 0 saturated carbocycles. The lowest BCUT2D eigenvalue weighted by Gasteiger charge is -2.18. The number of ether oxygens (including phenoxy) is 1. The first-order chi connectivity index (χ1) is 12.4. The molecule has 7 heteroatoms. The lowest BCUT2D eigenvalue weighted by molar-refractivity contribution is -0.120. The summed E-state index contributed by atoms with van der Waals surface area (Å²) in [6.07, 6.45) is 0. The second kappa shape index (κ2) is 9.35. The summed E-state index contributed by atoms with van der Waals surface area (Å²) in [5, 5.41) is 6.97. The second-order valence-corrected chi connectivity index (χ2v) is 7.28. The van der Waals surface area contributed by atoms with Crippen molar-refractivity contribution in [1.82, 2.24) is 15.5 Å². The fourth-order valence-corrected chi connectivity index (χ4v) is 3.50. The molecule has 0 fully saturated rings. The van der Waals surface area contributed by atoms with Crippen molar-refractivity contribution in [2.75, 3.05) is 20.7 Å². The molecule has 6 nitrogen and oxygen atoms in total. The average molecular weight is 375 g/mol. The number of urea groups is 1. The number of imide groups is 1. The van der Waals surface area contributed by atoms with Crippen LogP contribution in [-0.4, -0.2) is 37.5 Å². The van der Waals surface area contributed by atoms with E-state index in [0.29, 0.717) is 13.1 Å². The van der Waals surface area contributed by atoms with Gasteiger partial charge in [0.2, 0.25) is 5.91 Å². The van der Waals surface area contributed by atoms with Gasteiger partial charge in [-0.05, 0) is 49.0 Å². The third-order valence-corrected chi connectivity index (χ3v) is 4.72. The number of nitrogens with one attached hydrogen (secondary N) is 2. The van der Waals surface area contributed by atoms with Crippen molar-refractivity contribution >= 4 is 23.3 Å². The molecular formula is C19H25N3O3S. The third kappa shape index (κ3) is 5.86. The minimum Gasteiger partial charge on any atom is -0.496 e. The van der Waals surface area contributed by atoms with Gasteiger partial charge in [0.15, 0.2) is 0 Å². The van der Waals surface area contributed by atoms with Gasteiger partial charge in [-0.15, -0.1) is 11.3 Å². The molecule has 2 rings (SSSR count). The van der Waals surface area contributed by atoms with E-state index in [2.05, 4.69) is 10.6 Å². The summed E-state index contributed by atoms with van der Waals surface area (Å²) in [7, 11) is 3.51. The summed E-state index contributed by atoms with van der Waals surface area (Å²) < 4.78 is 5.37. The van der Waals surface area contributed by atoms with Gasteiger partial charge in [0.05, 0.1) is 20.2 Å². The van der Waals surface area contributed by atoms with Crippen molar-refractivity contribution in [3.63, 3.8) is 0 Å². The van der Waals surface area contributed by atoms with Gasteiger partial charge in [0.25, 0.3) is 0 Å². The predicted molar refractivity (Wildman–Crippen MR) is 103 cm³/mol. The number of carbonyl (C=O) groups excluding carboxylic acids is 2. The maximum Gasteiger partial charge on any atom is 0.321 e. The van der Waals surface area contributed by atoms with Gasteiger partial charge in [-0.1, -0.05) is 18.2 Å². The van der Waals surface area contributed by atoms with Crippen LogP contribution in [-0.2, 0) is 17.9 Å². The first-order valence-corrected chi connectivity index (χ1v) is 9.19. The summed E-state index contributed by atoms with van der Waals surface area (Å²) in [5.41, 5.74) is 3.22. The van der Waals surface area contributed by atoms with Crippen molar-refractivity contribution < 1.29 is 14.3 Å². The summed E-state index contributed by atoms with van der Waals surface area (Å²) in [6, 6.07) is 7.47. The van der Waals surface area contributed by atoms with E-state index in [9.17, 15) is 9.59 Å². The number of nitrogens with zero attached hydrogens (tertiary/aromatic N) is 1. The maximum absolute atomic E-state index is 12.0. The normalized spacial score (nSPS) is 10.7. The number of benzene rings is 1. The van der Waals surface area contributed by atoms with Gasteiger partial charge in [0.1, 0.15) is 5.75 Å². The molecule has 1 aromatic heterocycles. The van der Waals surface area contributed by atoms with Crippen LogP contribution >= 0.6 is 11.3 Å². The van der Waals surface area contributed by atoms with Gasteiger partial charge in [0, 0.05) is 11.4 Å². The van der Waals surface area contributed by atoms with Gasteiger partial charge < -0.3 is 10.1 Å². The molecule has 0 saturated heterocycles. The van der Waals surface area contributed by atoms with Crippen LogP contribution in [0.1, 0.15) is 21.6 Å². The SMILES string of the molecule is COc1c(C)cc(CN(C)CC(=O)NC(=O)NCc2cccs2)cc1C. The first kappa shape index (κ1) is 19.9. The van der Waals surface area contributed by atoms with E-state index in [-0.39, 0.29) is 12.5 Å². The van der Waals surface area contributed by atoms with Crippen LogP contribution in [0, 0.1) is 13.8 Å². The second-order valence-electron chi connectivity index (χ2n) is 6.25. The molecule has 3 amide bonds. The Morgan fingerprint density at radius 3 is 2.50 bits per heavy atom. The molecule has 0 radical (unpaired) electrons. The Kier molecular flexibility index (Phi) is 7.17. The van der Waals surface area contributed by atoms with Gasteiger partial charge >= 0.3 is 6.03 Å². The van der Waals surface area contributed by atoms with Crippen molar-refractivity contribution in [2.24, 2.45) is 0 Å². The Hall–Kier alpha value is -2.38. The molecule has 0 aliphatic heterocycles. The van der Waals surface area contributed by atoms with Crippen molar-refractivity contribution in [1.29, 1.82) is 0 Å². The van der Waals surface area contributed by atoms with Crippen molar-refractivity contribution in [3.05, 3.63) is 51.2 Å². The summed E-state index contributed by atoms with van der Waals surface area (Å²) in [5.74, 6) is 0.551. The molecule has 1 heterocycles. The Labute approximate surface area is 158 Å². The Balaban J connectivity index is 1.80. The lowest BCUT2D eigenvalue weighted by Crippen LogP contribution is -2.43. The van der Waals surface area contributed by atoms with Crippen molar-refractivity contribution in [2.45, 2.75) is 26.9 Å². The van der Waals surface area contributed by atoms with Crippen LogP contribution in [0.15, 0.2) is 29.6 Å². The molecular weight excluding hydrogens is 350 g/mol. The molecule has 0 aliphatic rings. The molecule has 0 unspecified atom stereocenters. The number of thiophene rings is 1. The Bertz CT molecular complexity index is 736. The van der Waals surface area contributed by atoms with E-state index in [4.69, 9.17) is 4.74 Å². The van der Waals surface area contributed by atoms with E-state index < -0.39 is 6.03 Å². The number of aryl methyl sites for hydroxylation is 2. The molecule has 0 aliphatic carbocycles. The molecule has 0 atom stereocenters. The van der Waals surface area contributed by atoms with E-state index in [1.54, 1.807) is 18.4 Å². The largest absolute Gasteiger partial charge is 0.496 e. The number of hydrogen-bond acceptors (Lipinski definition) is 5. The molecule has 26 heavy (non-hydrogen) atoms. The van der Waals surface area contributed by atoms with Gasteiger partial charge in [-0.2, -0.15) is 0 Å². The molecule has 140 valence electrons. The summed E-state index contributed by atoms with van der Waals surface area (Å²) in [4.78, 5) is 26.7. The van der Waals surface area contributed by atoms with E-state index in [1.165, 1.54) is 0 Å². The van der Waals surface area contributed by atoms with Crippen LogP contribution < -0.4 is 15.4 Å². The Morgan fingerprint density at radius 1 is 1.23 bits per heavy atom. The number of likely N-dealkylation sites (N-methyl/N-ethyl adjacent to an activating group) is 1.